The molecule has 5 aromatic rings. The number of aryl methyl sites for hydroxylation is 1. The summed E-state index contributed by atoms with van der Waals surface area (Å²) in [5.74, 6) is 0.198. The van der Waals surface area contributed by atoms with E-state index in [-0.39, 0.29) is 5.91 Å². The second-order valence-corrected chi connectivity index (χ2v) is 7.47. The van der Waals surface area contributed by atoms with E-state index < -0.39 is 0 Å². The zero-order chi connectivity index (χ0) is 19.1. The van der Waals surface area contributed by atoms with Crippen LogP contribution in [0.2, 0.25) is 0 Å². The van der Waals surface area contributed by atoms with Gasteiger partial charge in [-0.05, 0) is 18.4 Å². The minimum Gasteiger partial charge on any atom is -0.360 e. The van der Waals surface area contributed by atoms with Crippen LogP contribution in [0, 0.1) is 6.92 Å². The summed E-state index contributed by atoms with van der Waals surface area (Å²) < 4.78 is 6.32. The average Bonchev–Trinajstić information content (AvgIpc) is 3.31. The Balaban J connectivity index is 1.53. The van der Waals surface area contributed by atoms with Gasteiger partial charge in [0.1, 0.15) is 17.0 Å². The lowest BCUT2D eigenvalue weighted by atomic mass is 10.1. The Morgan fingerprint density at radius 2 is 1.79 bits per heavy atom. The molecular formula is C22H15N3O2S. The van der Waals surface area contributed by atoms with Gasteiger partial charge in [0.2, 0.25) is 0 Å². The van der Waals surface area contributed by atoms with Gasteiger partial charge in [-0.3, -0.25) is 10.1 Å². The fraction of sp³-hybridized carbons (Fsp3) is 0.0455. The molecule has 0 radical (unpaired) electrons. The monoisotopic (exact) mass is 385 g/mol. The molecule has 0 atom stereocenters. The van der Waals surface area contributed by atoms with E-state index in [0.717, 1.165) is 26.6 Å². The maximum atomic E-state index is 13.0. The SMILES string of the molecule is Cc1onc(-c2ccccc2)c1C(=O)Nc1nc2c(ccc3ccccc32)s1. The molecule has 3 aromatic carbocycles. The van der Waals surface area contributed by atoms with E-state index >= 15 is 0 Å². The molecule has 2 heterocycles. The van der Waals surface area contributed by atoms with Crippen LogP contribution in [-0.4, -0.2) is 16.0 Å². The van der Waals surface area contributed by atoms with Crippen molar-refractivity contribution < 1.29 is 9.32 Å². The number of nitrogens with one attached hydrogen (secondary N) is 1. The van der Waals surface area contributed by atoms with E-state index in [1.54, 1.807) is 6.92 Å². The maximum Gasteiger partial charge on any atom is 0.263 e. The van der Waals surface area contributed by atoms with Crippen molar-refractivity contribution in [2.75, 3.05) is 5.32 Å². The largest absolute Gasteiger partial charge is 0.360 e. The highest BCUT2D eigenvalue weighted by Gasteiger charge is 2.22. The first-order valence-corrected chi connectivity index (χ1v) is 9.64. The van der Waals surface area contributed by atoms with Gasteiger partial charge in [-0.1, -0.05) is 77.2 Å². The van der Waals surface area contributed by atoms with Crippen molar-refractivity contribution in [2.45, 2.75) is 6.92 Å². The topological polar surface area (TPSA) is 68.0 Å². The number of anilines is 1. The summed E-state index contributed by atoms with van der Waals surface area (Å²) in [6.45, 7) is 1.74. The molecule has 28 heavy (non-hydrogen) atoms. The van der Waals surface area contributed by atoms with E-state index in [2.05, 4.69) is 27.6 Å². The van der Waals surface area contributed by atoms with Crippen LogP contribution in [0.3, 0.4) is 0 Å². The number of rotatable bonds is 3. The quantitative estimate of drug-likeness (QED) is 0.435. The lowest BCUT2D eigenvalue weighted by Crippen LogP contribution is -2.13. The molecule has 136 valence electrons. The number of benzene rings is 3. The van der Waals surface area contributed by atoms with Crippen LogP contribution in [0.5, 0.6) is 0 Å². The number of hydrogen-bond donors (Lipinski definition) is 1. The van der Waals surface area contributed by atoms with Gasteiger partial charge in [-0.25, -0.2) is 4.98 Å². The van der Waals surface area contributed by atoms with E-state index in [0.29, 0.717) is 22.1 Å². The van der Waals surface area contributed by atoms with Crippen LogP contribution in [0.1, 0.15) is 16.1 Å². The highest BCUT2D eigenvalue weighted by Crippen LogP contribution is 2.32. The van der Waals surface area contributed by atoms with Gasteiger partial charge in [0.05, 0.1) is 10.2 Å². The lowest BCUT2D eigenvalue weighted by Gasteiger charge is -2.02. The van der Waals surface area contributed by atoms with Crippen LogP contribution >= 0.6 is 11.3 Å². The standard InChI is InChI=1S/C22H15N3O2S/c1-13-18(19(25-27-13)15-8-3-2-4-9-15)21(26)24-22-23-20-16-10-6-5-7-14(16)11-12-17(20)28-22/h2-12H,1H3,(H,23,24,26). The predicted molar refractivity (Wildman–Crippen MR) is 112 cm³/mol. The summed E-state index contributed by atoms with van der Waals surface area (Å²) in [4.78, 5) is 17.6. The van der Waals surface area contributed by atoms with Crippen molar-refractivity contribution in [3.05, 3.63) is 78.1 Å². The van der Waals surface area contributed by atoms with Gasteiger partial charge in [0.15, 0.2) is 5.13 Å². The normalized spacial score (nSPS) is 11.2. The van der Waals surface area contributed by atoms with Crippen molar-refractivity contribution in [1.29, 1.82) is 0 Å². The maximum absolute atomic E-state index is 13.0. The fourth-order valence-electron chi connectivity index (χ4n) is 3.31. The minimum atomic E-state index is -0.277. The van der Waals surface area contributed by atoms with Gasteiger partial charge in [0.25, 0.3) is 5.91 Å². The van der Waals surface area contributed by atoms with Crippen LogP contribution in [0.15, 0.2) is 71.3 Å². The van der Waals surface area contributed by atoms with Gasteiger partial charge < -0.3 is 4.52 Å². The highest BCUT2D eigenvalue weighted by molar-refractivity contribution is 7.22. The van der Waals surface area contributed by atoms with E-state index in [1.807, 2.05) is 54.6 Å². The Morgan fingerprint density at radius 3 is 2.64 bits per heavy atom. The summed E-state index contributed by atoms with van der Waals surface area (Å²) in [6.07, 6.45) is 0. The van der Waals surface area contributed by atoms with Crippen molar-refractivity contribution in [2.24, 2.45) is 0 Å². The molecule has 0 saturated carbocycles. The number of nitrogens with zero attached hydrogens (tertiary/aromatic N) is 2. The number of amides is 1. The Kier molecular flexibility index (Phi) is 3.91. The highest BCUT2D eigenvalue weighted by atomic mass is 32.1. The molecule has 0 unspecified atom stereocenters. The first-order valence-electron chi connectivity index (χ1n) is 8.82. The van der Waals surface area contributed by atoms with Crippen molar-refractivity contribution in [3.8, 4) is 11.3 Å². The Morgan fingerprint density at radius 1 is 1.00 bits per heavy atom. The number of carbonyl (C=O) groups excluding carboxylic acids is 1. The van der Waals surface area contributed by atoms with Crippen LogP contribution in [0.25, 0.3) is 32.2 Å². The zero-order valence-electron chi connectivity index (χ0n) is 15.0. The molecule has 2 aromatic heterocycles. The molecule has 1 N–H and O–H groups in total. The molecule has 5 nitrogen and oxygen atoms in total. The van der Waals surface area contributed by atoms with E-state index in [4.69, 9.17) is 4.52 Å². The second-order valence-electron chi connectivity index (χ2n) is 6.43. The van der Waals surface area contributed by atoms with Crippen molar-refractivity contribution in [3.63, 3.8) is 0 Å². The van der Waals surface area contributed by atoms with Crippen LogP contribution in [0.4, 0.5) is 5.13 Å². The molecule has 0 fully saturated rings. The van der Waals surface area contributed by atoms with Gasteiger partial charge in [0, 0.05) is 10.9 Å². The Bertz CT molecular complexity index is 1320. The van der Waals surface area contributed by atoms with Crippen molar-refractivity contribution in [1.82, 2.24) is 10.1 Å². The number of carbonyl (C=O) groups is 1. The molecule has 1 amide bonds. The van der Waals surface area contributed by atoms with E-state index in [1.165, 1.54) is 11.3 Å². The molecule has 0 bridgehead atoms. The molecular weight excluding hydrogens is 370 g/mol. The number of fused-ring (bicyclic) bond motifs is 3. The average molecular weight is 385 g/mol. The molecule has 0 aliphatic heterocycles. The van der Waals surface area contributed by atoms with Crippen LogP contribution in [-0.2, 0) is 0 Å². The molecule has 0 aliphatic carbocycles. The lowest BCUT2D eigenvalue weighted by molar-refractivity contribution is 0.102. The summed E-state index contributed by atoms with van der Waals surface area (Å²) in [5, 5.41) is 9.75. The Hall–Kier alpha value is -3.51. The third kappa shape index (κ3) is 2.75. The number of aromatic nitrogens is 2. The van der Waals surface area contributed by atoms with Gasteiger partial charge in [-0.15, -0.1) is 0 Å². The minimum absolute atomic E-state index is 0.277. The van der Waals surface area contributed by atoms with E-state index in [9.17, 15) is 4.79 Å². The summed E-state index contributed by atoms with van der Waals surface area (Å²) in [5.41, 5.74) is 2.68. The van der Waals surface area contributed by atoms with Gasteiger partial charge in [-0.2, -0.15) is 0 Å². The smallest absolute Gasteiger partial charge is 0.263 e. The zero-order valence-corrected chi connectivity index (χ0v) is 15.8. The van der Waals surface area contributed by atoms with Gasteiger partial charge >= 0.3 is 0 Å². The number of hydrogen-bond acceptors (Lipinski definition) is 5. The molecule has 0 saturated heterocycles. The van der Waals surface area contributed by atoms with Crippen molar-refractivity contribution >= 4 is 43.4 Å². The fourth-order valence-corrected chi connectivity index (χ4v) is 4.18. The molecule has 5 rings (SSSR count). The summed E-state index contributed by atoms with van der Waals surface area (Å²) in [6, 6.07) is 21.7. The number of thiazole rings is 1. The second kappa shape index (κ2) is 6.58. The first kappa shape index (κ1) is 16.6. The molecule has 0 spiro atoms. The third-order valence-corrected chi connectivity index (χ3v) is 5.58. The molecule has 6 heteroatoms. The summed E-state index contributed by atoms with van der Waals surface area (Å²) in [7, 11) is 0. The first-order chi connectivity index (χ1) is 13.7. The summed E-state index contributed by atoms with van der Waals surface area (Å²) >= 11 is 1.45. The third-order valence-electron chi connectivity index (χ3n) is 4.64. The molecule has 0 aliphatic rings. The predicted octanol–water partition coefficient (Wildman–Crippen LogP) is 5.67. The Labute approximate surface area is 164 Å². The van der Waals surface area contributed by atoms with Crippen LogP contribution < -0.4 is 5.32 Å².